The van der Waals surface area contributed by atoms with Gasteiger partial charge >= 0.3 is 0 Å². The van der Waals surface area contributed by atoms with Crippen LogP contribution in [0.2, 0.25) is 5.02 Å². The Morgan fingerprint density at radius 3 is 2.26 bits per heavy atom. The van der Waals surface area contributed by atoms with Crippen LogP contribution in [-0.2, 0) is 5.75 Å². The second kappa shape index (κ2) is 13.9. The quantitative estimate of drug-likeness (QED) is 0.160. The summed E-state index contributed by atoms with van der Waals surface area (Å²) in [6.07, 6.45) is 0.369. The summed E-state index contributed by atoms with van der Waals surface area (Å²) in [6, 6.07) is 18.7. The van der Waals surface area contributed by atoms with Gasteiger partial charge in [0, 0.05) is 40.3 Å². The lowest BCUT2D eigenvalue weighted by Gasteiger charge is -2.15. The molecule has 0 aliphatic carbocycles. The second-order valence-corrected chi connectivity index (χ2v) is 10.3. The molecule has 0 amide bonds. The first kappa shape index (κ1) is 28.4. The first-order valence-electron chi connectivity index (χ1n) is 11.9. The smallest absolute Gasteiger partial charge is 0.233 e. The Morgan fingerprint density at radius 2 is 1.59 bits per heavy atom. The molecule has 2 aromatic carbocycles. The molecule has 39 heavy (non-hydrogen) atoms. The van der Waals surface area contributed by atoms with E-state index < -0.39 is 0 Å². The number of aliphatic hydroxyl groups is 2. The molecule has 0 aliphatic rings. The maximum Gasteiger partial charge on any atom is 0.233 e. The van der Waals surface area contributed by atoms with Crippen LogP contribution in [0.25, 0.3) is 21.7 Å². The van der Waals surface area contributed by atoms with Crippen LogP contribution in [0.15, 0.2) is 58.9 Å². The third-order valence-electron chi connectivity index (χ3n) is 5.40. The number of aliphatic hydroxyl groups excluding tert-OH is 2. The van der Waals surface area contributed by atoms with Gasteiger partial charge in [0.15, 0.2) is 0 Å². The van der Waals surface area contributed by atoms with Gasteiger partial charge in [0.05, 0.1) is 24.5 Å². The molecule has 0 spiro atoms. The van der Waals surface area contributed by atoms with Gasteiger partial charge in [0.2, 0.25) is 5.88 Å². The zero-order valence-corrected chi connectivity index (χ0v) is 23.0. The lowest BCUT2D eigenvalue weighted by atomic mass is 9.97. The molecule has 0 bridgehead atoms. The highest BCUT2D eigenvalue weighted by molar-refractivity contribution is 7.98. The largest absolute Gasteiger partial charge is 0.491 e. The van der Waals surface area contributed by atoms with Gasteiger partial charge in [-0.3, -0.25) is 0 Å². The summed E-state index contributed by atoms with van der Waals surface area (Å²) in [4.78, 5) is 9.26. The van der Waals surface area contributed by atoms with Crippen molar-refractivity contribution in [1.82, 2.24) is 9.97 Å². The molecule has 2 aromatic heterocycles. The van der Waals surface area contributed by atoms with E-state index in [4.69, 9.17) is 31.2 Å². The van der Waals surface area contributed by atoms with Crippen molar-refractivity contribution in [1.29, 1.82) is 10.5 Å². The van der Waals surface area contributed by atoms with Crippen LogP contribution in [-0.4, -0.2) is 46.6 Å². The maximum absolute atomic E-state index is 10.2. The summed E-state index contributed by atoms with van der Waals surface area (Å²) in [5, 5.41) is 42.3. The normalized spacial score (nSPS) is 10.6. The Morgan fingerprint density at radius 1 is 0.872 bits per heavy atom. The van der Waals surface area contributed by atoms with Crippen molar-refractivity contribution in [2.45, 2.75) is 17.2 Å². The van der Waals surface area contributed by atoms with E-state index in [1.807, 2.05) is 29.6 Å². The first-order chi connectivity index (χ1) is 19.1. The zero-order chi connectivity index (χ0) is 27.6. The number of pyridine rings is 1. The van der Waals surface area contributed by atoms with Crippen LogP contribution in [0.4, 0.5) is 0 Å². The van der Waals surface area contributed by atoms with Gasteiger partial charge in [-0.1, -0.05) is 47.6 Å². The van der Waals surface area contributed by atoms with Crippen molar-refractivity contribution >= 4 is 34.7 Å². The Hall–Kier alpha value is -3.64. The predicted octanol–water partition coefficient (Wildman–Crippen LogP) is 5.69. The van der Waals surface area contributed by atoms with Gasteiger partial charge in [-0.05, 0) is 29.8 Å². The Bertz CT molecular complexity index is 1500. The number of hydrogen-bond acceptors (Lipinski definition) is 10. The highest BCUT2D eigenvalue weighted by Gasteiger charge is 2.23. The molecule has 0 fully saturated rings. The topological polar surface area (TPSA) is 132 Å². The number of halogens is 1. The SMILES string of the molecule is N#Cc1c(OCCCO)nc(SCc2csc(-c3ccc(Cl)cc3)n2)c(C#N)c1-c1ccc(OCCO)cc1. The molecule has 0 atom stereocenters. The predicted molar refractivity (Wildman–Crippen MR) is 151 cm³/mol. The maximum atomic E-state index is 10.2. The van der Waals surface area contributed by atoms with Gasteiger partial charge < -0.3 is 19.7 Å². The van der Waals surface area contributed by atoms with E-state index in [0.29, 0.717) is 39.1 Å². The lowest BCUT2D eigenvalue weighted by molar-refractivity contribution is 0.201. The average molecular weight is 579 g/mol. The van der Waals surface area contributed by atoms with Crippen molar-refractivity contribution in [3.8, 4) is 45.5 Å². The van der Waals surface area contributed by atoms with E-state index in [0.717, 1.165) is 16.3 Å². The van der Waals surface area contributed by atoms with Gasteiger partial charge in [0.1, 0.15) is 40.1 Å². The van der Waals surface area contributed by atoms with E-state index >= 15 is 0 Å². The molecule has 8 nitrogen and oxygen atoms in total. The number of nitriles is 2. The standard InChI is InChI=1S/C28H23ClN4O4S2/c29-20-6-2-19(3-7-20)27-32-21(16-38-27)17-39-28-24(15-31)25(18-4-8-22(9-5-18)36-13-11-35)23(14-30)26(33-28)37-12-1-10-34/h2-9,16,34-35H,1,10-13,17H2. The molecule has 198 valence electrons. The van der Waals surface area contributed by atoms with Crippen LogP contribution in [0.1, 0.15) is 23.2 Å². The highest BCUT2D eigenvalue weighted by atomic mass is 35.5. The number of aromatic nitrogens is 2. The van der Waals surface area contributed by atoms with Gasteiger partial charge in [-0.2, -0.15) is 10.5 Å². The second-order valence-electron chi connectivity index (χ2n) is 8.03. The molecule has 11 heteroatoms. The molecule has 0 unspecified atom stereocenters. The summed E-state index contributed by atoms with van der Waals surface area (Å²) in [6.45, 7) is 0.139. The minimum atomic E-state index is -0.113. The molecule has 0 aliphatic heterocycles. The molecule has 4 rings (SSSR count). The molecular formula is C28H23ClN4O4S2. The van der Waals surface area contributed by atoms with Crippen LogP contribution >= 0.6 is 34.7 Å². The van der Waals surface area contributed by atoms with Gasteiger partial charge in [-0.15, -0.1) is 11.3 Å². The van der Waals surface area contributed by atoms with Crippen molar-refractivity contribution in [2.24, 2.45) is 0 Å². The monoisotopic (exact) mass is 578 g/mol. The van der Waals surface area contributed by atoms with E-state index in [1.54, 1.807) is 24.3 Å². The fourth-order valence-electron chi connectivity index (χ4n) is 3.60. The number of hydrogen-bond donors (Lipinski definition) is 2. The van der Waals surface area contributed by atoms with Gasteiger partial charge in [0.25, 0.3) is 0 Å². The number of nitrogens with zero attached hydrogens (tertiary/aromatic N) is 4. The molecule has 2 N–H and O–H groups in total. The highest BCUT2D eigenvalue weighted by Crippen LogP contribution is 2.39. The summed E-state index contributed by atoms with van der Waals surface area (Å²) >= 11 is 8.84. The van der Waals surface area contributed by atoms with Crippen molar-refractivity contribution in [3.05, 3.63) is 75.8 Å². The van der Waals surface area contributed by atoms with Crippen molar-refractivity contribution in [3.63, 3.8) is 0 Å². The van der Waals surface area contributed by atoms with Crippen molar-refractivity contribution in [2.75, 3.05) is 26.4 Å². The molecule has 4 aromatic rings. The Labute approximate surface area is 239 Å². The van der Waals surface area contributed by atoms with E-state index in [9.17, 15) is 15.6 Å². The van der Waals surface area contributed by atoms with Gasteiger partial charge in [-0.25, -0.2) is 9.97 Å². The molecule has 0 saturated heterocycles. The van der Waals surface area contributed by atoms with Crippen LogP contribution < -0.4 is 9.47 Å². The Balaban J connectivity index is 1.69. The van der Waals surface area contributed by atoms with E-state index in [-0.39, 0.29) is 43.4 Å². The Kier molecular flexibility index (Phi) is 10.1. The summed E-state index contributed by atoms with van der Waals surface area (Å²) in [5.41, 5.74) is 3.20. The lowest BCUT2D eigenvalue weighted by Crippen LogP contribution is -2.07. The third kappa shape index (κ3) is 7.07. The zero-order valence-electron chi connectivity index (χ0n) is 20.6. The van der Waals surface area contributed by atoms with Crippen molar-refractivity contribution < 1.29 is 19.7 Å². The molecular weight excluding hydrogens is 556 g/mol. The number of ether oxygens (including phenoxy) is 2. The third-order valence-corrected chi connectivity index (χ3v) is 7.60. The van der Waals surface area contributed by atoms with E-state index in [1.165, 1.54) is 23.1 Å². The molecule has 0 saturated carbocycles. The van der Waals surface area contributed by atoms with Crippen LogP contribution in [0.5, 0.6) is 11.6 Å². The minimum Gasteiger partial charge on any atom is -0.491 e. The number of thiazole rings is 1. The first-order valence-corrected chi connectivity index (χ1v) is 14.1. The summed E-state index contributed by atoms with van der Waals surface area (Å²) < 4.78 is 11.2. The minimum absolute atomic E-state index is 0.0677. The molecule has 2 heterocycles. The average Bonchev–Trinajstić information content (AvgIpc) is 3.44. The fraction of sp³-hybridized carbons (Fsp3) is 0.214. The summed E-state index contributed by atoms with van der Waals surface area (Å²) in [7, 11) is 0. The number of thioether (sulfide) groups is 1. The number of rotatable bonds is 12. The molecule has 0 radical (unpaired) electrons. The van der Waals surface area contributed by atoms with Crippen LogP contribution in [0, 0.1) is 22.7 Å². The van der Waals surface area contributed by atoms with Crippen LogP contribution in [0.3, 0.4) is 0 Å². The number of benzene rings is 2. The van der Waals surface area contributed by atoms with E-state index in [2.05, 4.69) is 17.1 Å². The summed E-state index contributed by atoms with van der Waals surface area (Å²) in [5.74, 6) is 1.09. The fourth-order valence-corrected chi connectivity index (χ4v) is 5.53.